The zero-order valence-corrected chi connectivity index (χ0v) is 11.1. The van der Waals surface area contributed by atoms with Crippen LogP contribution in [0.1, 0.15) is 0 Å². The third kappa shape index (κ3) is 3.79. The van der Waals surface area contributed by atoms with Gasteiger partial charge in [-0.05, 0) is 59.9 Å². The first kappa shape index (κ1) is 11.2. The number of benzene rings is 1. The average molecular weight is 373 g/mol. The van der Waals surface area contributed by atoms with Gasteiger partial charge >= 0.3 is 5.97 Å². The fourth-order valence-corrected chi connectivity index (χ4v) is 0.896. The summed E-state index contributed by atoms with van der Waals surface area (Å²) in [5.41, 5.74) is 0. The van der Waals surface area contributed by atoms with Crippen LogP contribution in [0.25, 0.3) is 0 Å². The predicted octanol–water partition coefficient (Wildman–Crippen LogP) is 3.43. The normalized spacial score (nSPS) is 11.0. The summed E-state index contributed by atoms with van der Waals surface area (Å²) in [5.74, 6) is 0.0499. The van der Waals surface area contributed by atoms with Gasteiger partial charge in [0.2, 0.25) is 2.14 Å². The second-order valence-electron chi connectivity index (χ2n) is 2.20. The van der Waals surface area contributed by atoms with E-state index in [4.69, 9.17) is 4.74 Å². The van der Waals surface area contributed by atoms with Gasteiger partial charge in [0.1, 0.15) is 5.75 Å². The van der Waals surface area contributed by atoms with E-state index in [9.17, 15) is 4.79 Å². The molecular weight excluding hydrogens is 368 g/mol. The van der Waals surface area contributed by atoms with Gasteiger partial charge in [-0.1, -0.05) is 18.2 Å². The molecular formula is C8H5Br3O2. The van der Waals surface area contributed by atoms with E-state index in [1.54, 1.807) is 24.3 Å². The molecule has 0 amide bonds. The molecule has 5 heteroatoms. The van der Waals surface area contributed by atoms with Gasteiger partial charge in [-0.2, -0.15) is 0 Å². The molecule has 0 unspecified atom stereocenters. The SMILES string of the molecule is O=C(Oc1ccccc1)C(Br)(Br)Br. The molecule has 1 rings (SSSR count). The Labute approximate surface area is 101 Å². The molecule has 0 saturated carbocycles. The lowest BCUT2D eigenvalue weighted by molar-refractivity contribution is -0.132. The number of para-hydroxylation sites is 1. The Bertz CT molecular complexity index is 292. The molecule has 0 fully saturated rings. The van der Waals surface area contributed by atoms with Crippen molar-refractivity contribution in [2.24, 2.45) is 0 Å². The minimum Gasteiger partial charge on any atom is -0.424 e. The number of rotatable bonds is 1. The maximum atomic E-state index is 11.3. The van der Waals surface area contributed by atoms with Gasteiger partial charge in [-0.25, -0.2) is 4.79 Å². The summed E-state index contributed by atoms with van der Waals surface area (Å²) in [6.07, 6.45) is 0. The monoisotopic (exact) mass is 370 g/mol. The summed E-state index contributed by atoms with van der Waals surface area (Å²) in [7, 11) is 0. The highest BCUT2D eigenvalue weighted by atomic mass is 80.0. The van der Waals surface area contributed by atoms with E-state index in [0.717, 1.165) is 0 Å². The van der Waals surface area contributed by atoms with E-state index in [0.29, 0.717) is 5.75 Å². The molecule has 0 aliphatic rings. The van der Waals surface area contributed by atoms with Crippen LogP contribution in [-0.2, 0) is 4.79 Å². The van der Waals surface area contributed by atoms with Crippen LogP contribution in [0.4, 0.5) is 0 Å². The molecule has 0 N–H and O–H groups in total. The standard InChI is InChI=1S/C8H5Br3O2/c9-8(10,11)7(12)13-6-4-2-1-3-5-6/h1-5H. The van der Waals surface area contributed by atoms with Crippen LogP contribution in [0, 0.1) is 0 Å². The molecule has 0 atom stereocenters. The van der Waals surface area contributed by atoms with Crippen LogP contribution in [-0.4, -0.2) is 8.11 Å². The molecule has 0 bridgehead atoms. The minimum atomic E-state index is -1.01. The van der Waals surface area contributed by atoms with Gasteiger partial charge in [0.25, 0.3) is 0 Å². The van der Waals surface area contributed by atoms with Gasteiger partial charge in [0.15, 0.2) is 0 Å². The average Bonchev–Trinajstić information content (AvgIpc) is 2.04. The molecule has 0 spiro atoms. The van der Waals surface area contributed by atoms with Crippen LogP contribution in [0.2, 0.25) is 0 Å². The molecule has 0 radical (unpaired) electrons. The van der Waals surface area contributed by atoms with Gasteiger partial charge in [0, 0.05) is 0 Å². The Hall–Kier alpha value is 0.130. The van der Waals surface area contributed by atoms with Crippen molar-refractivity contribution in [3.05, 3.63) is 30.3 Å². The van der Waals surface area contributed by atoms with E-state index in [1.165, 1.54) is 0 Å². The fraction of sp³-hybridized carbons (Fsp3) is 0.125. The Morgan fingerprint density at radius 3 is 2.15 bits per heavy atom. The van der Waals surface area contributed by atoms with Crippen LogP contribution >= 0.6 is 47.8 Å². The zero-order valence-electron chi connectivity index (χ0n) is 6.34. The smallest absolute Gasteiger partial charge is 0.350 e. The summed E-state index contributed by atoms with van der Waals surface area (Å²) >= 11 is 9.18. The van der Waals surface area contributed by atoms with Crippen molar-refractivity contribution in [1.82, 2.24) is 0 Å². The largest absolute Gasteiger partial charge is 0.424 e. The highest BCUT2D eigenvalue weighted by Crippen LogP contribution is 2.34. The predicted molar refractivity (Wildman–Crippen MR) is 61.6 cm³/mol. The van der Waals surface area contributed by atoms with Crippen LogP contribution in [0.3, 0.4) is 0 Å². The summed E-state index contributed by atoms with van der Waals surface area (Å²) in [6, 6.07) is 8.84. The van der Waals surface area contributed by atoms with E-state index in [-0.39, 0.29) is 0 Å². The van der Waals surface area contributed by atoms with E-state index in [1.807, 2.05) is 6.07 Å². The molecule has 0 saturated heterocycles. The van der Waals surface area contributed by atoms with Crippen molar-refractivity contribution < 1.29 is 9.53 Å². The van der Waals surface area contributed by atoms with Gasteiger partial charge in [-0.15, -0.1) is 0 Å². The van der Waals surface area contributed by atoms with Crippen molar-refractivity contribution in [3.8, 4) is 5.75 Å². The molecule has 1 aromatic carbocycles. The second kappa shape index (κ2) is 4.57. The van der Waals surface area contributed by atoms with Crippen molar-refractivity contribution in [2.75, 3.05) is 0 Å². The second-order valence-corrected chi connectivity index (χ2v) is 8.96. The first-order valence-electron chi connectivity index (χ1n) is 3.34. The Morgan fingerprint density at radius 1 is 1.15 bits per heavy atom. The fourth-order valence-electron chi connectivity index (χ4n) is 0.653. The van der Waals surface area contributed by atoms with Gasteiger partial charge in [0.05, 0.1) is 0 Å². The van der Waals surface area contributed by atoms with E-state index >= 15 is 0 Å². The third-order valence-electron chi connectivity index (χ3n) is 1.19. The van der Waals surface area contributed by atoms with E-state index in [2.05, 4.69) is 47.8 Å². The highest BCUT2D eigenvalue weighted by Gasteiger charge is 2.30. The summed E-state index contributed by atoms with van der Waals surface area (Å²) < 4.78 is 3.99. The first-order chi connectivity index (χ1) is 6.00. The lowest BCUT2D eigenvalue weighted by atomic mass is 10.3. The Balaban J connectivity index is 2.66. The van der Waals surface area contributed by atoms with Crippen LogP contribution in [0.5, 0.6) is 5.75 Å². The number of hydrogen-bond donors (Lipinski definition) is 0. The summed E-state index contributed by atoms with van der Waals surface area (Å²) in [4.78, 5) is 11.3. The number of hydrogen-bond acceptors (Lipinski definition) is 2. The van der Waals surface area contributed by atoms with Crippen molar-refractivity contribution >= 4 is 53.8 Å². The molecule has 0 aliphatic heterocycles. The first-order valence-corrected chi connectivity index (χ1v) is 5.72. The molecule has 13 heavy (non-hydrogen) atoms. The number of carbonyl (C=O) groups is 1. The minimum absolute atomic E-state index is 0.460. The zero-order chi connectivity index (χ0) is 9.90. The summed E-state index contributed by atoms with van der Waals surface area (Å²) in [5, 5.41) is 0. The third-order valence-corrected chi connectivity index (χ3v) is 2.16. The Kier molecular flexibility index (Phi) is 3.94. The maximum Gasteiger partial charge on any atom is 0.350 e. The van der Waals surface area contributed by atoms with Gasteiger partial charge < -0.3 is 4.74 Å². The summed E-state index contributed by atoms with van der Waals surface area (Å²) in [6.45, 7) is 0. The van der Waals surface area contributed by atoms with Gasteiger partial charge in [-0.3, -0.25) is 0 Å². The Morgan fingerprint density at radius 2 is 1.69 bits per heavy atom. The van der Waals surface area contributed by atoms with Crippen LogP contribution < -0.4 is 4.74 Å². The van der Waals surface area contributed by atoms with E-state index < -0.39 is 8.11 Å². The number of halogens is 3. The number of alkyl halides is 3. The molecule has 0 aliphatic carbocycles. The van der Waals surface area contributed by atoms with Crippen molar-refractivity contribution in [2.45, 2.75) is 2.14 Å². The molecule has 2 nitrogen and oxygen atoms in total. The number of ether oxygens (including phenoxy) is 1. The van der Waals surface area contributed by atoms with Crippen molar-refractivity contribution in [1.29, 1.82) is 0 Å². The number of esters is 1. The number of carbonyl (C=O) groups excluding carboxylic acids is 1. The van der Waals surface area contributed by atoms with Crippen molar-refractivity contribution in [3.63, 3.8) is 0 Å². The lowest BCUT2D eigenvalue weighted by Gasteiger charge is -2.10. The quantitative estimate of drug-likeness (QED) is 0.429. The lowest BCUT2D eigenvalue weighted by Crippen LogP contribution is -2.23. The maximum absolute atomic E-state index is 11.3. The van der Waals surface area contributed by atoms with Crippen LogP contribution in [0.15, 0.2) is 30.3 Å². The topological polar surface area (TPSA) is 26.3 Å². The molecule has 1 aromatic rings. The molecule has 70 valence electrons. The molecule has 0 aromatic heterocycles. The molecule has 0 heterocycles. The highest BCUT2D eigenvalue weighted by molar-refractivity contribution is 9.40.